The minimum Gasteiger partial charge on any atom is -0.398 e. The van der Waals surface area contributed by atoms with Crippen molar-refractivity contribution < 1.29 is 4.79 Å². The number of nitrogens with one attached hydrogen (secondary N) is 1. The average molecular weight is 213 g/mol. The summed E-state index contributed by atoms with van der Waals surface area (Å²) in [5.41, 5.74) is 7.76. The normalized spacial score (nSPS) is 9.93. The van der Waals surface area contributed by atoms with Crippen LogP contribution < -0.4 is 11.1 Å². The highest BCUT2D eigenvalue weighted by Crippen LogP contribution is 2.26. The van der Waals surface area contributed by atoms with Crippen LogP contribution in [0.15, 0.2) is 12.1 Å². The van der Waals surface area contributed by atoms with Crippen LogP contribution in [0.1, 0.15) is 18.9 Å². The number of carbonyl (C=O) groups is 1. The lowest BCUT2D eigenvalue weighted by Gasteiger charge is -2.09. The fraction of sp³-hybridized carbons (Fsp3) is 0.300. The first-order valence-electron chi connectivity index (χ1n) is 4.40. The zero-order valence-corrected chi connectivity index (χ0v) is 8.98. The number of amides is 1. The molecule has 1 rings (SSSR count). The zero-order chi connectivity index (χ0) is 10.7. The molecule has 14 heavy (non-hydrogen) atoms. The van der Waals surface area contributed by atoms with E-state index in [1.54, 1.807) is 19.1 Å². The maximum Gasteiger partial charge on any atom is 0.224 e. The molecule has 0 heterocycles. The van der Waals surface area contributed by atoms with Crippen molar-refractivity contribution in [3.63, 3.8) is 0 Å². The molecule has 1 aromatic rings. The molecule has 4 heteroatoms. The van der Waals surface area contributed by atoms with Gasteiger partial charge in [-0.1, -0.05) is 18.5 Å². The van der Waals surface area contributed by atoms with E-state index in [0.717, 1.165) is 11.3 Å². The molecule has 0 aliphatic carbocycles. The Balaban J connectivity index is 2.98. The van der Waals surface area contributed by atoms with E-state index in [2.05, 4.69) is 5.32 Å². The highest BCUT2D eigenvalue weighted by atomic mass is 35.5. The first-order chi connectivity index (χ1) is 6.54. The lowest BCUT2D eigenvalue weighted by molar-refractivity contribution is -0.115. The smallest absolute Gasteiger partial charge is 0.224 e. The minimum absolute atomic E-state index is 0.0334. The van der Waals surface area contributed by atoms with E-state index < -0.39 is 0 Å². The number of aryl methyl sites for hydroxylation is 1. The lowest BCUT2D eigenvalue weighted by Crippen LogP contribution is -2.10. The Kier molecular flexibility index (Phi) is 3.36. The highest BCUT2D eigenvalue weighted by molar-refractivity contribution is 6.33. The molecule has 0 unspecified atom stereocenters. The number of benzene rings is 1. The topological polar surface area (TPSA) is 55.1 Å². The van der Waals surface area contributed by atoms with E-state index in [-0.39, 0.29) is 5.91 Å². The number of anilines is 2. The van der Waals surface area contributed by atoms with Crippen molar-refractivity contribution in [1.29, 1.82) is 0 Å². The van der Waals surface area contributed by atoms with Gasteiger partial charge in [0, 0.05) is 12.1 Å². The van der Waals surface area contributed by atoms with Crippen LogP contribution in [0.3, 0.4) is 0 Å². The van der Waals surface area contributed by atoms with Crippen LogP contribution in [0.2, 0.25) is 5.02 Å². The molecular formula is C10H13ClN2O. The van der Waals surface area contributed by atoms with Crippen molar-refractivity contribution in [3.8, 4) is 0 Å². The van der Waals surface area contributed by atoms with Crippen molar-refractivity contribution in [3.05, 3.63) is 22.7 Å². The van der Waals surface area contributed by atoms with Crippen LogP contribution in [-0.4, -0.2) is 5.91 Å². The van der Waals surface area contributed by atoms with Gasteiger partial charge in [0.1, 0.15) is 0 Å². The Hall–Kier alpha value is -1.22. The van der Waals surface area contributed by atoms with Crippen LogP contribution in [0.5, 0.6) is 0 Å². The Morgan fingerprint density at radius 3 is 2.79 bits per heavy atom. The number of nitrogen functional groups attached to an aromatic ring is 1. The van der Waals surface area contributed by atoms with Gasteiger partial charge in [0.15, 0.2) is 0 Å². The Morgan fingerprint density at radius 2 is 2.21 bits per heavy atom. The molecule has 0 aliphatic rings. The monoisotopic (exact) mass is 212 g/mol. The van der Waals surface area contributed by atoms with Gasteiger partial charge in [0.2, 0.25) is 5.91 Å². The first-order valence-corrected chi connectivity index (χ1v) is 4.78. The fourth-order valence-electron chi connectivity index (χ4n) is 1.08. The van der Waals surface area contributed by atoms with Crippen molar-refractivity contribution in [2.75, 3.05) is 11.1 Å². The molecule has 0 spiro atoms. The molecule has 0 saturated carbocycles. The van der Waals surface area contributed by atoms with Crippen molar-refractivity contribution >= 4 is 28.9 Å². The average Bonchev–Trinajstić information content (AvgIpc) is 2.14. The minimum atomic E-state index is -0.0334. The standard InChI is InChI=1S/C10H13ClN2O/c1-3-10(14)13-9-5-7(11)8(12)4-6(9)2/h4-5H,3,12H2,1-2H3,(H,13,14). The summed E-state index contributed by atoms with van der Waals surface area (Å²) in [5, 5.41) is 3.21. The van der Waals surface area contributed by atoms with Crippen LogP contribution in [0.25, 0.3) is 0 Å². The Bertz CT molecular complexity index is 363. The van der Waals surface area contributed by atoms with Crippen molar-refractivity contribution in [2.24, 2.45) is 0 Å². The quantitative estimate of drug-likeness (QED) is 0.741. The molecule has 0 radical (unpaired) electrons. The molecule has 0 bridgehead atoms. The third kappa shape index (κ3) is 2.39. The maximum absolute atomic E-state index is 11.1. The predicted octanol–water partition coefficient (Wildman–Crippen LogP) is 2.58. The van der Waals surface area contributed by atoms with E-state index in [1.165, 1.54) is 0 Å². The van der Waals surface area contributed by atoms with Crippen molar-refractivity contribution in [2.45, 2.75) is 20.3 Å². The Morgan fingerprint density at radius 1 is 1.57 bits per heavy atom. The number of hydrogen-bond donors (Lipinski definition) is 2. The fourth-order valence-corrected chi connectivity index (χ4v) is 1.24. The molecule has 1 amide bonds. The predicted molar refractivity (Wildman–Crippen MR) is 59.5 cm³/mol. The third-order valence-corrected chi connectivity index (χ3v) is 2.27. The summed E-state index contributed by atoms with van der Waals surface area (Å²) in [6.45, 7) is 3.67. The molecule has 76 valence electrons. The molecule has 0 aromatic heterocycles. The first kappa shape index (κ1) is 10.9. The van der Waals surface area contributed by atoms with E-state index in [1.807, 2.05) is 6.92 Å². The Labute approximate surface area is 88.2 Å². The largest absolute Gasteiger partial charge is 0.398 e. The number of nitrogens with two attached hydrogens (primary N) is 1. The molecule has 0 atom stereocenters. The molecule has 1 aromatic carbocycles. The van der Waals surface area contributed by atoms with Gasteiger partial charge in [-0.05, 0) is 24.6 Å². The van der Waals surface area contributed by atoms with Crippen LogP contribution in [0, 0.1) is 6.92 Å². The van der Waals surface area contributed by atoms with Gasteiger partial charge in [0.05, 0.1) is 10.7 Å². The molecule has 0 fully saturated rings. The summed E-state index contributed by atoms with van der Waals surface area (Å²) >= 11 is 5.84. The number of carbonyl (C=O) groups excluding carboxylic acids is 1. The second-order valence-corrected chi connectivity index (χ2v) is 3.50. The summed E-state index contributed by atoms with van der Waals surface area (Å²) in [4.78, 5) is 11.1. The van der Waals surface area contributed by atoms with Gasteiger partial charge in [-0.3, -0.25) is 4.79 Å². The van der Waals surface area contributed by atoms with Crippen LogP contribution in [-0.2, 0) is 4.79 Å². The van der Waals surface area contributed by atoms with E-state index in [9.17, 15) is 4.79 Å². The highest BCUT2D eigenvalue weighted by Gasteiger charge is 2.05. The summed E-state index contributed by atoms with van der Waals surface area (Å²) in [7, 11) is 0. The summed E-state index contributed by atoms with van der Waals surface area (Å²) in [6.07, 6.45) is 0.446. The number of rotatable bonds is 2. The van der Waals surface area contributed by atoms with Crippen LogP contribution in [0.4, 0.5) is 11.4 Å². The second-order valence-electron chi connectivity index (χ2n) is 3.09. The molecule has 0 saturated heterocycles. The zero-order valence-electron chi connectivity index (χ0n) is 8.23. The third-order valence-electron chi connectivity index (χ3n) is 1.94. The van der Waals surface area contributed by atoms with Gasteiger partial charge in [-0.2, -0.15) is 0 Å². The van der Waals surface area contributed by atoms with Crippen molar-refractivity contribution in [1.82, 2.24) is 0 Å². The molecule has 0 aliphatic heterocycles. The summed E-state index contributed by atoms with van der Waals surface area (Å²) in [6, 6.07) is 3.41. The summed E-state index contributed by atoms with van der Waals surface area (Å²) < 4.78 is 0. The number of hydrogen-bond acceptors (Lipinski definition) is 2. The van der Waals surface area contributed by atoms with Gasteiger partial charge >= 0.3 is 0 Å². The molecule has 3 N–H and O–H groups in total. The van der Waals surface area contributed by atoms with Crippen LogP contribution >= 0.6 is 11.6 Å². The lowest BCUT2D eigenvalue weighted by atomic mass is 10.1. The van der Waals surface area contributed by atoms with Gasteiger partial charge < -0.3 is 11.1 Å². The number of halogens is 1. The van der Waals surface area contributed by atoms with Gasteiger partial charge in [-0.25, -0.2) is 0 Å². The van der Waals surface area contributed by atoms with Gasteiger partial charge in [-0.15, -0.1) is 0 Å². The maximum atomic E-state index is 11.1. The second kappa shape index (κ2) is 4.33. The SMILES string of the molecule is CCC(=O)Nc1cc(Cl)c(N)cc1C. The van der Waals surface area contributed by atoms with E-state index >= 15 is 0 Å². The summed E-state index contributed by atoms with van der Waals surface area (Å²) in [5.74, 6) is -0.0334. The van der Waals surface area contributed by atoms with E-state index in [0.29, 0.717) is 17.1 Å². The van der Waals surface area contributed by atoms with Gasteiger partial charge in [0.25, 0.3) is 0 Å². The molecule has 3 nitrogen and oxygen atoms in total. The molecular weight excluding hydrogens is 200 g/mol. The van der Waals surface area contributed by atoms with E-state index in [4.69, 9.17) is 17.3 Å².